The lowest BCUT2D eigenvalue weighted by Crippen LogP contribution is -2.46. The van der Waals surface area contributed by atoms with Gasteiger partial charge in [-0.1, -0.05) is 26.7 Å². The van der Waals surface area contributed by atoms with E-state index in [0.29, 0.717) is 30.0 Å². The fraction of sp³-hybridized carbons (Fsp3) is 1.00. The molecular weight excluding hydrogens is 186 g/mol. The summed E-state index contributed by atoms with van der Waals surface area (Å²) in [5.74, 6) is 0.515. The molecule has 2 rings (SSSR count). The van der Waals surface area contributed by atoms with Gasteiger partial charge in [0.1, 0.15) is 0 Å². The molecule has 0 aromatic heterocycles. The van der Waals surface area contributed by atoms with E-state index in [2.05, 4.69) is 19.2 Å². The van der Waals surface area contributed by atoms with Gasteiger partial charge in [-0.05, 0) is 37.0 Å². The Morgan fingerprint density at radius 1 is 1.20 bits per heavy atom. The lowest BCUT2D eigenvalue weighted by Gasteiger charge is -2.32. The summed E-state index contributed by atoms with van der Waals surface area (Å²) in [6.07, 6.45) is 7.79. The van der Waals surface area contributed by atoms with Crippen LogP contribution in [-0.4, -0.2) is 23.8 Å². The molecule has 0 aromatic rings. The summed E-state index contributed by atoms with van der Waals surface area (Å²) in [6.45, 7) is 5.12. The van der Waals surface area contributed by atoms with Crippen molar-refractivity contribution in [2.45, 2.75) is 64.5 Å². The second-order valence-corrected chi connectivity index (χ2v) is 6.08. The van der Waals surface area contributed by atoms with Gasteiger partial charge in [0.05, 0.1) is 0 Å². The van der Waals surface area contributed by atoms with Crippen molar-refractivity contribution in [3.63, 3.8) is 0 Å². The van der Waals surface area contributed by atoms with E-state index in [9.17, 15) is 5.11 Å². The highest BCUT2D eigenvalue weighted by molar-refractivity contribution is 4.94. The number of nitrogens with one attached hydrogen (secondary N) is 1. The first-order valence-corrected chi connectivity index (χ1v) is 6.50. The first-order chi connectivity index (χ1) is 7.13. The molecule has 2 nitrogen and oxygen atoms in total. The van der Waals surface area contributed by atoms with E-state index in [0.717, 1.165) is 0 Å². The summed E-state index contributed by atoms with van der Waals surface area (Å²) < 4.78 is 0. The summed E-state index contributed by atoms with van der Waals surface area (Å²) in [4.78, 5) is 0. The SMILES string of the molecule is CC1(C)CCCC1NC1CCCC1CO. The Morgan fingerprint density at radius 3 is 2.60 bits per heavy atom. The molecule has 2 aliphatic carbocycles. The van der Waals surface area contributed by atoms with Crippen LogP contribution in [0.15, 0.2) is 0 Å². The molecule has 15 heavy (non-hydrogen) atoms. The molecule has 0 heterocycles. The molecule has 2 saturated carbocycles. The fourth-order valence-corrected chi connectivity index (χ4v) is 3.37. The summed E-state index contributed by atoms with van der Waals surface area (Å²) in [5, 5.41) is 13.1. The molecule has 0 amide bonds. The van der Waals surface area contributed by atoms with E-state index in [4.69, 9.17) is 0 Å². The van der Waals surface area contributed by atoms with Crippen LogP contribution in [-0.2, 0) is 0 Å². The van der Waals surface area contributed by atoms with Crippen LogP contribution in [0.2, 0.25) is 0 Å². The minimum atomic E-state index is 0.366. The Hall–Kier alpha value is -0.0800. The predicted molar refractivity (Wildman–Crippen MR) is 62.8 cm³/mol. The molecule has 0 aliphatic heterocycles. The van der Waals surface area contributed by atoms with E-state index in [1.54, 1.807) is 0 Å². The lowest BCUT2D eigenvalue weighted by molar-refractivity contribution is 0.180. The van der Waals surface area contributed by atoms with Crippen molar-refractivity contribution in [3.05, 3.63) is 0 Å². The van der Waals surface area contributed by atoms with Crippen molar-refractivity contribution in [1.82, 2.24) is 5.32 Å². The third-order valence-corrected chi connectivity index (χ3v) is 4.57. The summed E-state index contributed by atoms with van der Waals surface area (Å²) in [6, 6.07) is 1.26. The topological polar surface area (TPSA) is 32.3 Å². The molecule has 3 atom stereocenters. The molecule has 0 spiro atoms. The van der Waals surface area contributed by atoms with E-state index in [-0.39, 0.29) is 0 Å². The summed E-state index contributed by atoms with van der Waals surface area (Å²) in [7, 11) is 0. The molecule has 2 heteroatoms. The minimum Gasteiger partial charge on any atom is -0.396 e. The predicted octanol–water partition coefficient (Wildman–Crippen LogP) is 2.32. The Kier molecular flexibility index (Phi) is 3.36. The van der Waals surface area contributed by atoms with Gasteiger partial charge in [-0.3, -0.25) is 0 Å². The van der Waals surface area contributed by atoms with Crippen molar-refractivity contribution >= 4 is 0 Å². The highest BCUT2D eigenvalue weighted by atomic mass is 16.3. The average molecular weight is 211 g/mol. The van der Waals surface area contributed by atoms with Crippen molar-refractivity contribution in [1.29, 1.82) is 0 Å². The third kappa shape index (κ3) is 2.36. The zero-order valence-electron chi connectivity index (χ0n) is 10.1. The second-order valence-electron chi connectivity index (χ2n) is 6.08. The fourth-order valence-electron chi connectivity index (χ4n) is 3.37. The number of rotatable bonds is 3. The quantitative estimate of drug-likeness (QED) is 0.751. The van der Waals surface area contributed by atoms with Gasteiger partial charge >= 0.3 is 0 Å². The Balaban J connectivity index is 1.91. The first kappa shape index (κ1) is 11.4. The maximum absolute atomic E-state index is 9.30. The number of aliphatic hydroxyl groups excluding tert-OH is 1. The summed E-state index contributed by atoms with van der Waals surface area (Å²) >= 11 is 0. The van der Waals surface area contributed by atoms with E-state index in [1.165, 1.54) is 38.5 Å². The maximum atomic E-state index is 9.30. The lowest BCUT2D eigenvalue weighted by atomic mass is 9.86. The van der Waals surface area contributed by atoms with Crippen molar-refractivity contribution in [2.75, 3.05) is 6.61 Å². The molecule has 0 saturated heterocycles. The van der Waals surface area contributed by atoms with Crippen LogP contribution in [0.1, 0.15) is 52.4 Å². The number of hydrogen-bond acceptors (Lipinski definition) is 2. The molecule has 2 N–H and O–H groups in total. The van der Waals surface area contributed by atoms with E-state index >= 15 is 0 Å². The van der Waals surface area contributed by atoms with Gasteiger partial charge in [-0.2, -0.15) is 0 Å². The zero-order valence-corrected chi connectivity index (χ0v) is 10.1. The van der Waals surface area contributed by atoms with Gasteiger partial charge < -0.3 is 10.4 Å². The largest absolute Gasteiger partial charge is 0.396 e. The van der Waals surface area contributed by atoms with Gasteiger partial charge in [0, 0.05) is 18.7 Å². The Bertz CT molecular complexity index is 215. The van der Waals surface area contributed by atoms with Gasteiger partial charge in [-0.25, -0.2) is 0 Å². The van der Waals surface area contributed by atoms with Gasteiger partial charge in [0.2, 0.25) is 0 Å². The highest BCUT2D eigenvalue weighted by Crippen LogP contribution is 2.38. The normalized spacial score (nSPS) is 39.8. The van der Waals surface area contributed by atoms with Crippen LogP contribution in [0.3, 0.4) is 0 Å². The van der Waals surface area contributed by atoms with E-state index in [1.807, 2.05) is 0 Å². The summed E-state index contributed by atoms with van der Waals surface area (Å²) in [5.41, 5.74) is 0.461. The maximum Gasteiger partial charge on any atom is 0.0474 e. The van der Waals surface area contributed by atoms with Crippen molar-refractivity contribution in [2.24, 2.45) is 11.3 Å². The average Bonchev–Trinajstić information content (AvgIpc) is 2.74. The molecule has 3 unspecified atom stereocenters. The highest BCUT2D eigenvalue weighted by Gasteiger charge is 2.37. The van der Waals surface area contributed by atoms with Gasteiger partial charge in [0.15, 0.2) is 0 Å². The minimum absolute atomic E-state index is 0.366. The van der Waals surface area contributed by atoms with Crippen LogP contribution < -0.4 is 5.32 Å². The van der Waals surface area contributed by atoms with E-state index < -0.39 is 0 Å². The molecular formula is C13H25NO. The van der Waals surface area contributed by atoms with Crippen molar-refractivity contribution in [3.8, 4) is 0 Å². The molecule has 2 fully saturated rings. The van der Waals surface area contributed by atoms with Crippen LogP contribution >= 0.6 is 0 Å². The van der Waals surface area contributed by atoms with Gasteiger partial charge in [0.25, 0.3) is 0 Å². The number of hydrogen-bond donors (Lipinski definition) is 2. The van der Waals surface area contributed by atoms with Crippen LogP contribution in [0.4, 0.5) is 0 Å². The van der Waals surface area contributed by atoms with Crippen LogP contribution in [0, 0.1) is 11.3 Å². The van der Waals surface area contributed by atoms with Gasteiger partial charge in [-0.15, -0.1) is 0 Å². The van der Waals surface area contributed by atoms with Crippen molar-refractivity contribution < 1.29 is 5.11 Å². The van der Waals surface area contributed by atoms with Crippen LogP contribution in [0.25, 0.3) is 0 Å². The third-order valence-electron chi connectivity index (χ3n) is 4.57. The first-order valence-electron chi connectivity index (χ1n) is 6.50. The van der Waals surface area contributed by atoms with Crippen LogP contribution in [0.5, 0.6) is 0 Å². The Labute approximate surface area is 93.5 Å². The Morgan fingerprint density at radius 2 is 2.00 bits per heavy atom. The molecule has 2 aliphatic rings. The molecule has 88 valence electrons. The zero-order chi connectivity index (χ0) is 10.9. The molecule has 0 aromatic carbocycles. The number of aliphatic hydroxyl groups is 1. The smallest absolute Gasteiger partial charge is 0.0474 e. The standard InChI is InChI=1S/C13H25NO/c1-13(2)8-4-7-12(13)14-11-6-3-5-10(11)9-15/h10-12,14-15H,3-9H2,1-2H3. The molecule has 0 radical (unpaired) electrons. The molecule has 0 bridgehead atoms. The monoisotopic (exact) mass is 211 g/mol. The second kappa shape index (κ2) is 4.42.